The zero-order valence-corrected chi connectivity index (χ0v) is 16.2. The molecule has 1 aromatic heterocycles. The lowest BCUT2D eigenvalue weighted by Gasteiger charge is -2.09. The summed E-state index contributed by atoms with van der Waals surface area (Å²) in [5.41, 5.74) is 3.61. The second-order valence-corrected chi connectivity index (χ2v) is 6.12. The van der Waals surface area contributed by atoms with Crippen LogP contribution in [0.2, 0.25) is 0 Å². The minimum Gasteiger partial charge on any atom is -0.493 e. The second-order valence-electron chi connectivity index (χ2n) is 6.12. The first-order chi connectivity index (χ1) is 14.1. The van der Waals surface area contributed by atoms with E-state index < -0.39 is 5.91 Å². The van der Waals surface area contributed by atoms with Gasteiger partial charge in [0.1, 0.15) is 5.56 Å². The van der Waals surface area contributed by atoms with Gasteiger partial charge in [0.05, 0.1) is 27.0 Å². The van der Waals surface area contributed by atoms with E-state index in [0.29, 0.717) is 23.6 Å². The Morgan fingerprint density at radius 3 is 2.55 bits per heavy atom. The van der Waals surface area contributed by atoms with Crippen LogP contribution in [0.15, 0.2) is 76.8 Å². The number of methoxy groups -OCH3 is 2. The van der Waals surface area contributed by atoms with E-state index in [-0.39, 0.29) is 11.1 Å². The van der Waals surface area contributed by atoms with Crippen LogP contribution in [0.1, 0.15) is 21.5 Å². The Morgan fingerprint density at radius 1 is 1.03 bits per heavy atom. The van der Waals surface area contributed by atoms with Crippen LogP contribution in [-0.2, 0) is 6.54 Å². The number of carbonyl (C=O) groups excluding carboxylic acids is 1. The average molecular weight is 391 g/mol. The molecule has 148 valence electrons. The molecule has 7 nitrogen and oxygen atoms in total. The van der Waals surface area contributed by atoms with Crippen molar-refractivity contribution in [2.24, 2.45) is 5.10 Å². The number of hydrogen-bond donors (Lipinski definition) is 1. The number of rotatable bonds is 7. The molecule has 7 heteroatoms. The maximum absolute atomic E-state index is 12.6. The van der Waals surface area contributed by atoms with Gasteiger partial charge < -0.3 is 14.0 Å². The number of nitrogens with one attached hydrogen (secondary N) is 1. The van der Waals surface area contributed by atoms with Gasteiger partial charge >= 0.3 is 0 Å². The van der Waals surface area contributed by atoms with Crippen molar-refractivity contribution >= 4 is 12.1 Å². The summed E-state index contributed by atoms with van der Waals surface area (Å²) in [5, 5.41) is 3.95. The predicted molar refractivity (Wildman–Crippen MR) is 111 cm³/mol. The van der Waals surface area contributed by atoms with Crippen molar-refractivity contribution < 1.29 is 14.3 Å². The largest absolute Gasteiger partial charge is 0.493 e. The summed E-state index contributed by atoms with van der Waals surface area (Å²) in [6.45, 7) is 0.380. The molecule has 0 unspecified atom stereocenters. The highest BCUT2D eigenvalue weighted by atomic mass is 16.5. The van der Waals surface area contributed by atoms with Crippen LogP contribution in [0.4, 0.5) is 0 Å². The molecule has 2 aromatic carbocycles. The number of aromatic nitrogens is 1. The van der Waals surface area contributed by atoms with E-state index in [1.54, 1.807) is 30.5 Å². The lowest BCUT2D eigenvalue weighted by Crippen LogP contribution is -2.30. The van der Waals surface area contributed by atoms with Gasteiger partial charge in [0.25, 0.3) is 11.5 Å². The molecular weight excluding hydrogens is 370 g/mol. The summed E-state index contributed by atoms with van der Waals surface area (Å²) in [4.78, 5) is 25.1. The van der Waals surface area contributed by atoms with E-state index in [1.165, 1.54) is 31.1 Å². The monoisotopic (exact) mass is 391 g/mol. The normalized spacial score (nSPS) is 10.7. The molecule has 0 aliphatic heterocycles. The van der Waals surface area contributed by atoms with E-state index in [9.17, 15) is 9.59 Å². The number of carbonyl (C=O) groups is 1. The molecule has 0 radical (unpaired) electrons. The summed E-state index contributed by atoms with van der Waals surface area (Å²) in [5.74, 6) is 0.461. The Labute approximate surface area is 168 Å². The number of hydrogen-bond acceptors (Lipinski definition) is 5. The van der Waals surface area contributed by atoms with Gasteiger partial charge in [0.15, 0.2) is 11.5 Å². The van der Waals surface area contributed by atoms with Crippen molar-refractivity contribution in [1.29, 1.82) is 0 Å². The van der Waals surface area contributed by atoms with Crippen molar-refractivity contribution in [2.75, 3.05) is 14.2 Å². The first kappa shape index (κ1) is 19.9. The highest BCUT2D eigenvalue weighted by Crippen LogP contribution is 2.29. The van der Waals surface area contributed by atoms with Crippen LogP contribution in [0, 0.1) is 0 Å². The van der Waals surface area contributed by atoms with E-state index in [0.717, 1.165) is 5.56 Å². The molecule has 0 saturated heterocycles. The fourth-order valence-electron chi connectivity index (χ4n) is 2.85. The van der Waals surface area contributed by atoms with Gasteiger partial charge in [-0.15, -0.1) is 0 Å². The molecule has 0 aliphatic rings. The van der Waals surface area contributed by atoms with Crippen molar-refractivity contribution in [3.63, 3.8) is 0 Å². The number of nitrogens with zero attached hydrogens (tertiary/aromatic N) is 2. The number of amides is 1. The van der Waals surface area contributed by atoms with Gasteiger partial charge in [-0.3, -0.25) is 9.59 Å². The van der Waals surface area contributed by atoms with E-state index >= 15 is 0 Å². The predicted octanol–water partition coefficient (Wildman–Crippen LogP) is 2.68. The maximum Gasteiger partial charge on any atom is 0.276 e. The van der Waals surface area contributed by atoms with Crippen molar-refractivity contribution in [3.8, 4) is 11.5 Å². The molecule has 0 atom stereocenters. The highest BCUT2D eigenvalue weighted by Gasteiger charge is 2.12. The molecular formula is C22H21N3O4. The van der Waals surface area contributed by atoms with E-state index in [4.69, 9.17) is 9.47 Å². The smallest absolute Gasteiger partial charge is 0.276 e. The molecule has 0 fully saturated rings. The molecule has 0 bridgehead atoms. The van der Waals surface area contributed by atoms with Crippen LogP contribution in [0.3, 0.4) is 0 Å². The van der Waals surface area contributed by atoms with Crippen LogP contribution < -0.4 is 20.5 Å². The van der Waals surface area contributed by atoms with Gasteiger partial charge in [-0.25, -0.2) is 5.43 Å². The topological polar surface area (TPSA) is 81.9 Å². The molecule has 29 heavy (non-hydrogen) atoms. The van der Waals surface area contributed by atoms with Gasteiger partial charge in [0, 0.05) is 11.8 Å². The Kier molecular flexibility index (Phi) is 6.42. The summed E-state index contributed by atoms with van der Waals surface area (Å²) in [6.07, 6.45) is 3.08. The van der Waals surface area contributed by atoms with Gasteiger partial charge in [-0.05, 0) is 29.8 Å². The fraction of sp³-hybridized carbons (Fsp3) is 0.136. The average Bonchev–Trinajstić information content (AvgIpc) is 2.75. The zero-order valence-electron chi connectivity index (χ0n) is 16.2. The Morgan fingerprint density at radius 2 is 1.83 bits per heavy atom. The molecule has 3 aromatic rings. The Hall–Kier alpha value is -3.87. The van der Waals surface area contributed by atoms with E-state index in [1.807, 2.05) is 30.3 Å². The summed E-state index contributed by atoms with van der Waals surface area (Å²) < 4.78 is 12.0. The Balaban J connectivity index is 1.76. The minimum absolute atomic E-state index is 0.0122. The van der Waals surface area contributed by atoms with Gasteiger partial charge in [-0.1, -0.05) is 36.4 Å². The van der Waals surface area contributed by atoms with Gasteiger partial charge in [-0.2, -0.15) is 5.10 Å². The van der Waals surface area contributed by atoms with Gasteiger partial charge in [0.2, 0.25) is 0 Å². The summed E-state index contributed by atoms with van der Waals surface area (Å²) in [6, 6.07) is 18.0. The van der Waals surface area contributed by atoms with Crippen molar-refractivity contribution in [1.82, 2.24) is 9.99 Å². The molecule has 1 heterocycles. The third-order valence-electron chi connectivity index (χ3n) is 4.26. The number of ether oxygens (including phenoxy) is 2. The molecule has 1 N–H and O–H groups in total. The first-order valence-electron chi connectivity index (χ1n) is 8.92. The zero-order chi connectivity index (χ0) is 20.6. The highest BCUT2D eigenvalue weighted by molar-refractivity contribution is 5.94. The standard InChI is InChI=1S/C22H21N3O4/c1-28-19-12-6-10-17(20(19)29-2)14-23-24-21(26)18-11-7-13-25(22(18)27)15-16-8-4-3-5-9-16/h3-14H,15H2,1-2H3,(H,24,26)/b23-14-. The van der Waals surface area contributed by atoms with Crippen LogP contribution in [-0.4, -0.2) is 30.9 Å². The van der Waals surface area contributed by atoms with Crippen molar-refractivity contribution in [3.05, 3.63) is 93.9 Å². The summed E-state index contributed by atoms with van der Waals surface area (Å²) in [7, 11) is 3.06. The van der Waals surface area contributed by atoms with Crippen molar-refractivity contribution in [2.45, 2.75) is 6.54 Å². The lowest BCUT2D eigenvalue weighted by atomic mass is 10.2. The SMILES string of the molecule is COc1cccc(/C=N\NC(=O)c2cccn(Cc3ccccc3)c2=O)c1OC. The number of hydrazone groups is 1. The Bertz CT molecular complexity index is 1070. The molecule has 1 amide bonds. The maximum atomic E-state index is 12.6. The second kappa shape index (κ2) is 9.36. The molecule has 0 spiro atoms. The quantitative estimate of drug-likeness (QED) is 0.496. The number of para-hydroxylation sites is 1. The van der Waals surface area contributed by atoms with Crippen LogP contribution >= 0.6 is 0 Å². The van der Waals surface area contributed by atoms with Crippen LogP contribution in [0.5, 0.6) is 11.5 Å². The number of benzene rings is 2. The number of pyridine rings is 1. The van der Waals surface area contributed by atoms with E-state index in [2.05, 4.69) is 10.5 Å². The molecule has 0 aliphatic carbocycles. The van der Waals surface area contributed by atoms with Crippen LogP contribution in [0.25, 0.3) is 0 Å². The summed E-state index contributed by atoms with van der Waals surface area (Å²) >= 11 is 0. The lowest BCUT2D eigenvalue weighted by molar-refractivity contribution is 0.0953. The minimum atomic E-state index is -0.587. The molecule has 3 rings (SSSR count). The first-order valence-corrected chi connectivity index (χ1v) is 8.92. The third-order valence-corrected chi connectivity index (χ3v) is 4.26. The third kappa shape index (κ3) is 4.70. The molecule has 0 saturated carbocycles. The fourth-order valence-corrected chi connectivity index (χ4v) is 2.85.